The molecule has 3 rings (SSSR count). The molecule has 2 aliphatic heterocycles. The second-order valence-corrected chi connectivity index (χ2v) is 7.05. The van der Waals surface area contributed by atoms with E-state index in [9.17, 15) is 0 Å². The van der Waals surface area contributed by atoms with Gasteiger partial charge in [0.1, 0.15) is 0 Å². The summed E-state index contributed by atoms with van der Waals surface area (Å²) in [6, 6.07) is 11.1. The molecule has 2 aliphatic rings. The molecule has 1 N–H and O–H groups in total. The summed E-state index contributed by atoms with van der Waals surface area (Å²) in [4.78, 5) is 2.60. The molecule has 0 aliphatic carbocycles. The van der Waals surface area contributed by atoms with Crippen LogP contribution in [0, 0.1) is 0 Å². The lowest BCUT2D eigenvalue weighted by atomic mass is 9.96. The molecule has 20 heavy (non-hydrogen) atoms. The zero-order chi connectivity index (χ0) is 14.1. The first kappa shape index (κ1) is 14.4. The predicted molar refractivity (Wildman–Crippen MR) is 85.3 cm³/mol. The maximum atomic E-state index is 5.94. The van der Waals surface area contributed by atoms with Gasteiger partial charge in [-0.2, -0.15) is 0 Å². The number of benzene rings is 1. The normalized spacial score (nSPS) is 31.4. The van der Waals surface area contributed by atoms with Gasteiger partial charge in [-0.05, 0) is 63.8 Å². The van der Waals surface area contributed by atoms with Crippen molar-refractivity contribution in [3.63, 3.8) is 0 Å². The molecule has 0 spiro atoms. The summed E-state index contributed by atoms with van der Waals surface area (Å²) in [6.07, 6.45) is 6.50. The second kappa shape index (κ2) is 6.05. The zero-order valence-electron chi connectivity index (χ0n) is 12.5. The number of nitrogens with zero attached hydrogens (tertiary/aromatic N) is 1. The number of hydrogen-bond acceptors (Lipinski definition) is 2. The topological polar surface area (TPSA) is 15.3 Å². The van der Waals surface area contributed by atoms with Crippen LogP contribution in [0.2, 0.25) is 5.02 Å². The lowest BCUT2D eigenvalue weighted by molar-refractivity contribution is 0.144. The standard InChI is InChI=1S/C17H25ClN2/c1-12(9-13-3-5-14(18)6-4-13)19-15-10-16-7-8-17(11-15)20(16)2/h3-6,12,15-17,19H,7-11H2,1-2H3. The van der Waals surface area contributed by atoms with Crippen LogP contribution in [0.5, 0.6) is 0 Å². The first-order valence-electron chi connectivity index (χ1n) is 7.84. The number of hydrogen-bond donors (Lipinski definition) is 1. The maximum Gasteiger partial charge on any atom is 0.0406 e. The average molecular weight is 293 g/mol. The highest BCUT2D eigenvalue weighted by atomic mass is 35.5. The number of halogens is 1. The summed E-state index contributed by atoms with van der Waals surface area (Å²) in [6.45, 7) is 2.30. The van der Waals surface area contributed by atoms with Gasteiger partial charge < -0.3 is 10.2 Å². The van der Waals surface area contributed by atoms with Gasteiger partial charge in [-0.25, -0.2) is 0 Å². The molecule has 3 atom stereocenters. The lowest BCUT2D eigenvalue weighted by Gasteiger charge is -2.38. The van der Waals surface area contributed by atoms with Crippen LogP contribution >= 0.6 is 11.6 Å². The van der Waals surface area contributed by atoms with Crippen LogP contribution in [0.15, 0.2) is 24.3 Å². The molecular formula is C17H25ClN2. The Kier molecular flexibility index (Phi) is 4.34. The van der Waals surface area contributed by atoms with Gasteiger partial charge in [-0.1, -0.05) is 23.7 Å². The van der Waals surface area contributed by atoms with Crippen molar-refractivity contribution >= 4 is 11.6 Å². The number of nitrogens with one attached hydrogen (secondary N) is 1. The van der Waals surface area contributed by atoms with Crippen molar-refractivity contribution in [2.75, 3.05) is 7.05 Å². The Morgan fingerprint density at radius 2 is 1.80 bits per heavy atom. The minimum atomic E-state index is 0.531. The predicted octanol–water partition coefficient (Wildman–Crippen LogP) is 3.49. The molecule has 1 aromatic rings. The van der Waals surface area contributed by atoms with Crippen LogP contribution in [-0.2, 0) is 6.42 Å². The Morgan fingerprint density at radius 1 is 1.20 bits per heavy atom. The molecule has 3 heteroatoms. The third kappa shape index (κ3) is 3.19. The average Bonchev–Trinajstić information content (AvgIpc) is 2.64. The Balaban J connectivity index is 1.52. The van der Waals surface area contributed by atoms with Crippen molar-refractivity contribution in [1.82, 2.24) is 10.2 Å². The molecule has 0 amide bonds. The minimum absolute atomic E-state index is 0.531. The van der Waals surface area contributed by atoms with Crippen LogP contribution < -0.4 is 5.32 Å². The van der Waals surface area contributed by atoms with E-state index < -0.39 is 0 Å². The molecule has 0 aromatic heterocycles. The van der Waals surface area contributed by atoms with Crippen molar-refractivity contribution in [3.8, 4) is 0 Å². The van der Waals surface area contributed by atoms with Crippen LogP contribution in [0.25, 0.3) is 0 Å². The van der Waals surface area contributed by atoms with Gasteiger partial charge in [-0.3, -0.25) is 0 Å². The molecule has 2 heterocycles. The summed E-state index contributed by atoms with van der Waals surface area (Å²) in [5.41, 5.74) is 1.37. The first-order valence-corrected chi connectivity index (χ1v) is 8.22. The Bertz CT molecular complexity index is 431. The van der Waals surface area contributed by atoms with Gasteiger partial charge in [0.15, 0.2) is 0 Å². The fourth-order valence-electron chi connectivity index (χ4n) is 3.98. The van der Waals surface area contributed by atoms with E-state index in [2.05, 4.69) is 36.3 Å². The monoisotopic (exact) mass is 292 g/mol. The van der Waals surface area contributed by atoms with E-state index in [4.69, 9.17) is 11.6 Å². The summed E-state index contributed by atoms with van der Waals surface area (Å²) in [7, 11) is 2.30. The highest BCUT2D eigenvalue weighted by molar-refractivity contribution is 6.30. The summed E-state index contributed by atoms with van der Waals surface area (Å²) in [5.74, 6) is 0. The second-order valence-electron chi connectivity index (χ2n) is 6.62. The fourth-order valence-corrected chi connectivity index (χ4v) is 4.11. The third-order valence-electron chi connectivity index (χ3n) is 5.07. The van der Waals surface area contributed by atoms with Gasteiger partial charge >= 0.3 is 0 Å². The molecule has 1 aromatic carbocycles. The highest BCUT2D eigenvalue weighted by Gasteiger charge is 2.38. The van der Waals surface area contributed by atoms with Gasteiger partial charge in [0, 0.05) is 29.2 Å². The molecule has 2 saturated heterocycles. The van der Waals surface area contributed by atoms with Crippen LogP contribution in [0.3, 0.4) is 0 Å². The van der Waals surface area contributed by atoms with E-state index in [0.29, 0.717) is 12.1 Å². The molecule has 0 saturated carbocycles. The fraction of sp³-hybridized carbons (Fsp3) is 0.647. The highest BCUT2D eigenvalue weighted by Crippen LogP contribution is 2.34. The molecule has 2 nitrogen and oxygen atoms in total. The van der Waals surface area contributed by atoms with Crippen molar-refractivity contribution in [3.05, 3.63) is 34.9 Å². The van der Waals surface area contributed by atoms with Gasteiger partial charge in [0.05, 0.1) is 0 Å². The smallest absolute Gasteiger partial charge is 0.0406 e. The SMILES string of the molecule is CC(Cc1ccc(Cl)cc1)NC1CC2CCC(C1)N2C. The Labute approximate surface area is 127 Å². The molecule has 2 bridgehead atoms. The van der Waals surface area contributed by atoms with E-state index >= 15 is 0 Å². The Hall–Kier alpha value is -0.570. The summed E-state index contributed by atoms with van der Waals surface area (Å²) < 4.78 is 0. The van der Waals surface area contributed by atoms with E-state index in [1.165, 1.54) is 31.2 Å². The number of piperidine rings is 1. The van der Waals surface area contributed by atoms with Crippen LogP contribution in [-0.4, -0.2) is 36.1 Å². The van der Waals surface area contributed by atoms with Crippen molar-refractivity contribution in [2.45, 2.75) is 63.2 Å². The van der Waals surface area contributed by atoms with Crippen LogP contribution in [0.4, 0.5) is 0 Å². The first-order chi connectivity index (χ1) is 9.61. The van der Waals surface area contributed by atoms with E-state index in [1.54, 1.807) is 0 Å². The minimum Gasteiger partial charge on any atom is -0.311 e. The van der Waals surface area contributed by atoms with E-state index in [-0.39, 0.29) is 0 Å². The molecule has 2 fully saturated rings. The lowest BCUT2D eigenvalue weighted by Crippen LogP contribution is -2.49. The Morgan fingerprint density at radius 3 is 2.40 bits per heavy atom. The number of rotatable bonds is 4. The van der Waals surface area contributed by atoms with Crippen molar-refractivity contribution in [2.24, 2.45) is 0 Å². The molecule has 0 radical (unpaired) electrons. The van der Waals surface area contributed by atoms with Gasteiger partial charge in [0.25, 0.3) is 0 Å². The molecular weight excluding hydrogens is 268 g/mol. The van der Waals surface area contributed by atoms with Gasteiger partial charge in [0.2, 0.25) is 0 Å². The van der Waals surface area contributed by atoms with E-state index in [1.807, 2.05) is 12.1 Å². The van der Waals surface area contributed by atoms with Crippen molar-refractivity contribution < 1.29 is 0 Å². The molecule has 110 valence electrons. The summed E-state index contributed by atoms with van der Waals surface area (Å²) >= 11 is 5.94. The largest absolute Gasteiger partial charge is 0.311 e. The number of fused-ring (bicyclic) bond motifs is 2. The molecule has 3 unspecified atom stereocenters. The summed E-state index contributed by atoms with van der Waals surface area (Å²) in [5, 5.41) is 4.66. The quantitative estimate of drug-likeness (QED) is 0.914. The maximum absolute atomic E-state index is 5.94. The van der Waals surface area contributed by atoms with E-state index in [0.717, 1.165) is 23.5 Å². The van der Waals surface area contributed by atoms with Crippen molar-refractivity contribution in [1.29, 1.82) is 0 Å². The van der Waals surface area contributed by atoms with Crippen LogP contribution in [0.1, 0.15) is 38.2 Å². The van der Waals surface area contributed by atoms with Gasteiger partial charge in [-0.15, -0.1) is 0 Å². The third-order valence-corrected chi connectivity index (χ3v) is 5.33. The zero-order valence-corrected chi connectivity index (χ0v) is 13.2.